The standard InChI is InChI=1S/C19H32N4O4Si/c1-6-19(4,5)28(7-2,8-3)26-12-14-16(24)13(11-20)17(27-14)23-10-9-15(21)22-18(23)25/h9-10,13-14,16-17,24H,6-8,12H2,1-5H3,(H2,21,22,25)/t13-,14+,16-,17+/m0/s1. The average molecular weight is 409 g/mol. The number of nitrogens with two attached hydrogens (primary N) is 1. The largest absolute Gasteiger partial charge is 0.414 e. The second kappa shape index (κ2) is 8.74. The van der Waals surface area contributed by atoms with Crippen LogP contribution in [0.4, 0.5) is 5.82 Å². The maximum atomic E-state index is 12.2. The Labute approximate surface area is 167 Å². The molecule has 1 aromatic rings. The molecule has 0 saturated carbocycles. The summed E-state index contributed by atoms with van der Waals surface area (Å²) in [7, 11) is -2.09. The van der Waals surface area contributed by atoms with Crippen molar-refractivity contribution in [2.45, 2.75) is 76.6 Å². The van der Waals surface area contributed by atoms with E-state index in [0.29, 0.717) is 0 Å². The van der Waals surface area contributed by atoms with E-state index in [-0.39, 0.29) is 17.5 Å². The molecule has 28 heavy (non-hydrogen) atoms. The van der Waals surface area contributed by atoms with Crippen molar-refractivity contribution in [1.82, 2.24) is 9.55 Å². The van der Waals surface area contributed by atoms with E-state index in [2.05, 4.69) is 45.7 Å². The minimum absolute atomic E-state index is 0.0753. The van der Waals surface area contributed by atoms with Gasteiger partial charge in [0.1, 0.15) is 23.9 Å². The maximum Gasteiger partial charge on any atom is 0.351 e. The average Bonchev–Trinajstić information content (AvgIpc) is 2.98. The summed E-state index contributed by atoms with van der Waals surface area (Å²) >= 11 is 0. The first-order valence-electron chi connectivity index (χ1n) is 9.88. The number of anilines is 1. The van der Waals surface area contributed by atoms with E-state index in [1.807, 2.05) is 0 Å². The monoisotopic (exact) mass is 408 g/mol. The highest BCUT2D eigenvalue weighted by Crippen LogP contribution is 2.46. The summed E-state index contributed by atoms with van der Waals surface area (Å²) in [6, 6.07) is 5.44. The Morgan fingerprint density at radius 3 is 2.57 bits per heavy atom. The molecule has 9 heteroatoms. The molecular formula is C19H32N4O4Si. The molecule has 0 unspecified atom stereocenters. The van der Waals surface area contributed by atoms with Crippen LogP contribution in [0.3, 0.4) is 0 Å². The van der Waals surface area contributed by atoms with Gasteiger partial charge in [-0.3, -0.25) is 4.57 Å². The molecular weight excluding hydrogens is 376 g/mol. The summed E-state index contributed by atoms with van der Waals surface area (Å²) in [5, 5.41) is 20.3. The molecule has 0 amide bonds. The van der Waals surface area contributed by atoms with Crippen LogP contribution >= 0.6 is 0 Å². The van der Waals surface area contributed by atoms with E-state index >= 15 is 0 Å². The molecule has 0 aliphatic carbocycles. The van der Waals surface area contributed by atoms with Gasteiger partial charge in [-0.2, -0.15) is 10.2 Å². The van der Waals surface area contributed by atoms with E-state index in [1.165, 1.54) is 16.8 Å². The molecule has 1 fully saturated rings. The quantitative estimate of drug-likeness (QED) is 0.633. The normalized spacial score (nSPS) is 25.6. The van der Waals surface area contributed by atoms with Crippen LogP contribution in [0, 0.1) is 17.2 Å². The Bertz CT molecular complexity index is 772. The molecule has 1 aromatic heterocycles. The Kier molecular flexibility index (Phi) is 7.04. The Morgan fingerprint density at radius 2 is 2.07 bits per heavy atom. The number of ether oxygens (including phenoxy) is 1. The molecule has 3 N–H and O–H groups in total. The molecule has 1 saturated heterocycles. The molecule has 1 aliphatic heterocycles. The lowest BCUT2D eigenvalue weighted by molar-refractivity contribution is -0.0449. The number of aromatic nitrogens is 2. The smallest absolute Gasteiger partial charge is 0.351 e. The van der Waals surface area contributed by atoms with Gasteiger partial charge in [0, 0.05) is 6.20 Å². The summed E-state index contributed by atoms with van der Waals surface area (Å²) in [4.78, 5) is 15.8. The highest BCUT2D eigenvalue weighted by Gasteiger charge is 2.49. The van der Waals surface area contributed by atoms with Crippen molar-refractivity contribution in [2.75, 3.05) is 12.3 Å². The highest BCUT2D eigenvalue weighted by molar-refractivity contribution is 6.76. The highest BCUT2D eigenvalue weighted by atomic mass is 28.4. The fourth-order valence-corrected chi connectivity index (χ4v) is 8.39. The van der Waals surface area contributed by atoms with Gasteiger partial charge in [-0.25, -0.2) is 4.79 Å². The first-order chi connectivity index (χ1) is 13.2. The third kappa shape index (κ3) is 4.01. The zero-order valence-electron chi connectivity index (χ0n) is 17.4. The molecule has 0 aromatic carbocycles. The summed E-state index contributed by atoms with van der Waals surface area (Å²) in [5.74, 6) is -0.799. The molecule has 1 aliphatic rings. The zero-order valence-corrected chi connectivity index (χ0v) is 18.4. The van der Waals surface area contributed by atoms with E-state index in [1.54, 1.807) is 0 Å². The van der Waals surface area contributed by atoms with Crippen LogP contribution in [0.5, 0.6) is 0 Å². The summed E-state index contributed by atoms with van der Waals surface area (Å²) < 4.78 is 13.6. The second-order valence-corrected chi connectivity index (χ2v) is 13.0. The molecule has 0 radical (unpaired) electrons. The number of aliphatic hydroxyl groups is 1. The lowest BCUT2D eigenvalue weighted by atomic mass is 10.0. The lowest BCUT2D eigenvalue weighted by Crippen LogP contribution is -2.49. The van der Waals surface area contributed by atoms with Gasteiger partial charge in [-0.15, -0.1) is 0 Å². The molecule has 2 rings (SSSR count). The number of rotatable bonds is 8. The van der Waals surface area contributed by atoms with Crippen LogP contribution in [0.2, 0.25) is 17.1 Å². The maximum absolute atomic E-state index is 12.2. The van der Waals surface area contributed by atoms with Crippen molar-refractivity contribution >= 4 is 14.1 Å². The lowest BCUT2D eigenvalue weighted by Gasteiger charge is -2.43. The third-order valence-electron chi connectivity index (χ3n) is 6.43. The van der Waals surface area contributed by atoms with E-state index < -0.39 is 38.4 Å². The van der Waals surface area contributed by atoms with Crippen molar-refractivity contribution < 1.29 is 14.3 Å². The summed E-state index contributed by atoms with van der Waals surface area (Å²) in [6.45, 7) is 11.1. The first kappa shape index (κ1) is 22.6. The SMILES string of the molecule is CCC(C)(C)[Si](CC)(CC)OC[C@H]1O[C@@H](n2ccc(N)nc2=O)[C@@H](C#N)[C@@H]1O. The molecule has 0 spiro atoms. The topological polar surface area (TPSA) is 123 Å². The minimum atomic E-state index is -2.09. The zero-order chi connectivity index (χ0) is 21.1. The molecule has 0 bridgehead atoms. The van der Waals surface area contributed by atoms with Gasteiger partial charge in [-0.1, -0.05) is 41.0 Å². The number of aliphatic hydroxyl groups excluding tert-OH is 1. The number of hydrogen-bond acceptors (Lipinski definition) is 7. The third-order valence-corrected chi connectivity index (χ3v) is 12.3. The van der Waals surface area contributed by atoms with Crippen molar-refractivity contribution in [3.8, 4) is 6.07 Å². The number of hydrogen-bond donors (Lipinski definition) is 2. The van der Waals surface area contributed by atoms with Crippen LogP contribution in [0.25, 0.3) is 0 Å². The van der Waals surface area contributed by atoms with Crippen LogP contribution in [0.1, 0.15) is 47.3 Å². The van der Waals surface area contributed by atoms with Crippen molar-refractivity contribution in [3.05, 3.63) is 22.7 Å². The van der Waals surface area contributed by atoms with Gasteiger partial charge in [0.25, 0.3) is 0 Å². The first-order valence-corrected chi connectivity index (χ1v) is 12.2. The van der Waals surface area contributed by atoms with Gasteiger partial charge in [0.15, 0.2) is 14.5 Å². The van der Waals surface area contributed by atoms with E-state index in [4.69, 9.17) is 14.9 Å². The fourth-order valence-electron chi connectivity index (χ4n) is 4.05. The Morgan fingerprint density at radius 1 is 1.43 bits per heavy atom. The van der Waals surface area contributed by atoms with Crippen molar-refractivity contribution in [1.29, 1.82) is 5.26 Å². The number of nitriles is 1. The molecule has 8 nitrogen and oxygen atoms in total. The molecule has 4 atom stereocenters. The Hall–Kier alpha value is -1.73. The van der Waals surface area contributed by atoms with Crippen LogP contribution < -0.4 is 11.4 Å². The van der Waals surface area contributed by atoms with Gasteiger partial charge < -0.3 is 20.0 Å². The van der Waals surface area contributed by atoms with E-state index in [9.17, 15) is 15.2 Å². The van der Waals surface area contributed by atoms with Gasteiger partial charge in [-0.05, 0) is 23.2 Å². The van der Waals surface area contributed by atoms with Crippen molar-refractivity contribution in [2.24, 2.45) is 5.92 Å². The predicted molar refractivity (Wildman–Crippen MR) is 109 cm³/mol. The fraction of sp³-hybridized carbons (Fsp3) is 0.737. The predicted octanol–water partition coefficient (Wildman–Crippen LogP) is 2.42. The van der Waals surface area contributed by atoms with Crippen molar-refractivity contribution in [3.63, 3.8) is 0 Å². The minimum Gasteiger partial charge on any atom is -0.414 e. The van der Waals surface area contributed by atoms with Gasteiger partial charge in [0.2, 0.25) is 0 Å². The second-order valence-electron chi connectivity index (χ2n) is 8.00. The van der Waals surface area contributed by atoms with Crippen LogP contribution in [-0.2, 0) is 9.16 Å². The van der Waals surface area contributed by atoms with Gasteiger partial charge >= 0.3 is 5.69 Å². The summed E-state index contributed by atoms with van der Waals surface area (Å²) in [6.07, 6.45) is -0.216. The molecule has 156 valence electrons. The Balaban J connectivity index is 2.23. The van der Waals surface area contributed by atoms with Crippen LogP contribution in [0.15, 0.2) is 17.1 Å². The van der Waals surface area contributed by atoms with Crippen LogP contribution in [-0.4, -0.2) is 41.8 Å². The number of nitrogens with zero attached hydrogens (tertiary/aromatic N) is 3. The van der Waals surface area contributed by atoms with E-state index in [0.717, 1.165) is 18.5 Å². The number of nitrogen functional groups attached to an aromatic ring is 1. The van der Waals surface area contributed by atoms with Gasteiger partial charge in [0.05, 0.1) is 12.7 Å². The summed E-state index contributed by atoms with van der Waals surface area (Å²) in [5.41, 5.74) is 4.92. The molecule has 2 heterocycles.